The molecule has 154 valence electrons. The van der Waals surface area contributed by atoms with Crippen molar-refractivity contribution in [3.63, 3.8) is 0 Å². The van der Waals surface area contributed by atoms with Gasteiger partial charge < -0.3 is 20.7 Å². The van der Waals surface area contributed by atoms with Gasteiger partial charge in [-0.15, -0.1) is 11.3 Å². The Morgan fingerprint density at radius 2 is 2.21 bits per heavy atom. The lowest BCUT2D eigenvalue weighted by Gasteiger charge is -2.17. The predicted octanol–water partition coefficient (Wildman–Crippen LogP) is 2.77. The number of ether oxygens (including phenoxy) is 1. The summed E-state index contributed by atoms with van der Waals surface area (Å²) >= 11 is 1.46. The van der Waals surface area contributed by atoms with E-state index in [1.54, 1.807) is 24.2 Å². The van der Waals surface area contributed by atoms with Gasteiger partial charge in [0.15, 0.2) is 0 Å². The van der Waals surface area contributed by atoms with Crippen molar-refractivity contribution in [2.75, 3.05) is 20.2 Å². The van der Waals surface area contributed by atoms with Crippen LogP contribution in [-0.2, 0) is 14.3 Å². The number of nitrogens with one attached hydrogen (secondary N) is 1. The number of likely N-dealkylation sites (tertiary alicyclic amines) is 1. The average molecular weight is 407 g/mol. The van der Waals surface area contributed by atoms with Crippen molar-refractivity contribution in [2.24, 2.45) is 5.73 Å². The normalized spacial score (nSPS) is 17.4. The predicted molar refractivity (Wildman–Crippen MR) is 114 cm³/mol. The average Bonchev–Trinajstić information content (AvgIpc) is 3.35. The highest BCUT2D eigenvalue weighted by Gasteiger charge is 2.27. The number of carbonyl (C=O) groups is 2. The van der Waals surface area contributed by atoms with E-state index in [1.807, 2.05) is 12.3 Å². The van der Waals surface area contributed by atoms with Gasteiger partial charge in [-0.3, -0.25) is 9.59 Å². The zero-order valence-electron chi connectivity index (χ0n) is 17.0. The van der Waals surface area contributed by atoms with Gasteiger partial charge in [-0.25, -0.2) is 4.98 Å². The second-order valence-electron chi connectivity index (χ2n) is 6.25. The van der Waals surface area contributed by atoms with Crippen molar-refractivity contribution in [3.05, 3.63) is 40.1 Å². The van der Waals surface area contributed by atoms with Crippen LogP contribution in [0.25, 0.3) is 11.6 Å². The summed E-state index contributed by atoms with van der Waals surface area (Å²) in [7, 11) is 1.64. The van der Waals surface area contributed by atoms with E-state index in [0.717, 1.165) is 22.7 Å². The molecule has 2 heterocycles. The number of allylic oxidation sites excluding steroid dienone is 1. The number of nitrogens with two attached hydrogens (primary N) is 1. The molecule has 1 fully saturated rings. The zero-order valence-corrected chi connectivity index (χ0v) is 17.8. The molecule has 0 aliphatic carbocycles. The molecule has 0 radical (unpaired) electrons. The minimum absolute atomic E-state index is 0.0545. The summed E-state index contributed by atoms with van der Waals surface area (Å²) in [5.74, 6) is -0.146. The van der Waals surface area contributed by atoms with E-state index < -0.39 is 0 Å². The van der Waals surface area contributed by atoms with Crippen LogP contribution in [0.1, 0.15) is 44.3 Å². The molecule has 1 saturated heterocycles. The van der Waals surface area contributed by atoms with Crippen molar-refractivity contribution in [3.8, 4) is 0 Å². The Morgan fingerprint density at radius 1 is 1.50 bits per heavy atom. The van der Waals surface area contributed by atoms with Gasteiger partial charge in [-0.2, -0.15) is 0 Å². The molecule has 8 heteroatoms. The minimum Gasteiger partial charge on any atom is -0.405 e. The molecular weight excluding hydrogens is 376 g/mol. The number of methoxy groups -OCH3 is 1. The molecule has 2 rings (SSSR count). The third-order valence-electron chi connectivity index (χ3n) is 3.82. The third-order valence-corrected chi connectivity index (χ3v) is 4.81. The van der Waals surface area contributed by atoms with Crippen LogP contribution in [-0.4, -0.2) is 48.5 Å². The van der Waals surface area contributed by atoms with E-state index in [1.165, 1.54) is 30.2 Å². The Balaban J connectivity index is 0.00000122. The number of nitrogens with zero attached hydrogens (tertiary/aromatic N) is 2. The lowest BCUT2D eigenvalue weighted by atomic mass is 10.1. The van der Waals surface area contributed by atoms with Gasteiger partial charge in [0.2, 0.25) is 6.41 Å². The van der Waals surface area contributed by atoms with E-state index in [4.69, 9.17) is 10.5 Å². The molecule has 1 aromatic heterocycles. The monoisotopic (exact) mass is 406 g/mol. The standard InChI is InChI=1S/C17H22N4O3S.C3H8/c1-12(16-20-14(3-5-18)10-25-16)7-13(8-19-11-22)17(23)21-6-4-15(9-21)24-2;1-3-2/h3,5,7-8,10-11,15H,4,6,9,18H2,1-2H3,(H,19,22);3H2,1-2H3/b5-3+,12-7+,13-8+;. The summed E-state index contributed by atoms with van der Waals surface area (Å²) in [5, 5.41) is 5.12. The fourth-order valence-corrected chi connectivity index (χ4v) is 3.28. The molecular formula is C20H30N4O3S. The highest BCUT2D eigenvalue weighted by molar-refractivity contribution is 7.10. The molecule has 1 atom stereocenters. The minimum atomic E-state index is -0.146. The summed E-state index contributed by atoms with van der Waals surface area (Å²) in [6.07, 6.45) is 8.92. The number of rotatable bonds is 7. The molecule has 0 saturated carbocycles. The molecule has 7 nitrogen and oxygen atoms in total. The van der Waals surface area contributed by atoms with Gasteiger partial charge in [0.1, 0.15) is 5.01 Å². The molecule has 1 aliphatic rings. The van der Waals surface area contributed by atoms with E-state index in [0.29, 0.717) is 25.1 Å². The van der Waals surface area contributed by atoms with Crippen molar-refractivity contribution < 1.29 is 14.3 Å². The lowest BCUT2D eigenvalue weighted by Crippen LogP contribution is -2.31. The number of carbonyl (C=O) groups excluding carboxylic acids is 2. The van der Waals surface area contributed by atoms with Crippen LogP contribution in [0.15, 0.2) is 29.4 Å². The van der Waals surface area contributed by atoms with Crippen LogP contribution >= 0.6 is 11.3 Å². The lowest BCUT2D eigenvalue weighted by molar-refractivity contribution is -0.126. The molecule has 1 aliphatic heterocycles. The van der Waals surface area contributed by atoms with E-state index in [9.17, 15) is 9.59 Å². The highest BCUT2D eigenvalue weighted by atomic mass is 32.1. The van der Waals surface area contributed by atoms with Crippen molar-refractivity contribution in [1.29, 1.82) is 0 Å². The van der Waals surface area contributed by atoms with Crippen LogP contribution in [0.4, 0.5) is 0 Å². The first kappa shape index (κ1) is 23.6. The Kier molecular flexibility index (Phi) is 10.8. The fourth-order valence-electron chi connectivity index (χ4n) is 2.51. The largest absolute Gasteiger partial charge is 0.405 e. The fraction of sp³-hybridized carbons (Fsp3) is 0.450. The molecule has 1 unspecified atom stereocenters. The van der Waals surface area contributed by atoms with Crippen LogP contribution in [0.3, 0.4) is 0 Å². The Labute approximate surface area is 171 Å². The smallest absolute Gasteiger partial charge is 0.255 e. The van der Waals surface area contributed by atoms with Gasteiger partial charge in [0.05, 0.1) is 17.4 Å². The topological polar surface area (TPSA) is 97.5 Å². The second kappa shape index (κ2) is 12.9. The summed E-state index contributed by atoms with van der Waals surface area (Å²) in [6.45, 7) is 7.30. The number of aromatic nitrogens is 1. The number of hydrogen-bond donors (Lipinski definition) is 2. The summed E-state index contributed by atoms with van der Waals surface area (Å²) in [5.41, 5.74) is 7.36. The Bertz CT molecular complexity index is 725. The van der Waals surface area contributed by atoms with Gasteiger partial charge in [-0.1, -0.05) is 20.3 Å². The van der Waals surface area contributed by atoms with Crippen LogP contribution in [0, 0.1) is 0 Å². The zero-order chi connectivity index (χ0) is 20.9. The quantitative estimate of drug-likeness (QED) is 0.412. The summed E-state index contributed by atoms with van der Waals surface area (Å²) in [4.78, 5) is 29.5. The van der Waals surface area contributed by atoms with Crippen molar-refractivity contribution >= 4 is 35.3 Å². The molecule has 0 spiro atoms. The molecule has 1 aromatic rings. The first-order chi connectivity index (χ1) is 13.5. The Hall–Kier alpha value is -2.45. The summed E-state index contributed by atoms with van der Waals surface area (Å²) < 4.78 is 5.30. The number of hydrogen-bond acceptors (Lipinski definition) is 6. The summed E-state index contributed by atoms with van der Waals surface area (Å²) in [6, 6.07) is 0. The van der Waals surface area contributed by atoms with Gasteiger partial charge in [0.25, 0.3) is 5.91 Å². The first-order valence-electron chi connectivity index (χ1n) is 9.24. The number of amides is 2. The maximum atomic E-state index is 12.7. The van der Waals surface area contributed by atoms with Crippen molar-refractivity contribution in [1.82, 2.24) is 15.2 Å². The first-order valence-corrected chi connectivity index (χ1v) is 10.1. The number of thiazole rings is 1. The van der Waals surface area contributed by atoms with Gasteiger partial charge in [0, 0.05) is 31.8 Å². The highest BCUT2D eigenvalue weighted by Crippen LogP contribution is 2.22. The molecule has 3 N–H and O–H groups in total. The maximum Gasteiger partial charge on any atom is 0.255 e. The third kappa shape index (κ3) is 7.28. The van der Waals surface area contributed by atoms with Gasteiger partial charge in [-0.05, 0) is 37.3 Å². The van der Waals surface area contributed by atoms with E-state index >= 15 is 0 Å². The van der Waals surface area contributed by atoms with Crippen molar-refractivity contribution in [2.45, 2.75) is 39.7 Å². The van der Waals surface area contributed by atoms with Crippen LogP contribution in [0.5, 0.6) is 0 Å². The maximum absolute atomic E-state index is 12.7. The molecule has 0 aromatic carbocycles. The second-order valence-corrected chi connectivity index (χ2v) is 7.11. The Morgan fingerprint density at radius 3 is 2.79 bits per heavy atom. The molecule has 2 amide bonds. The molecule has 28 heavy (non-hydrogen) atoms. The van der Waals surface area contributed by atoms with Gasteiger partial charge >= 0.3 is 0 Å². The SMILES string of the molecule is CCC.COC1CCN(C(=O)C(=C/NC=O)/C=C(\C)c2nc(/C=C/N)cs2)C1. The van der Waals surface area contributed by atoms with E-state index in [-0.39, 0.29) is 12.0 Å². The molecule has 0 bridgehead atoms. The van der Waals surface area contributed by atoms with E-state index in [2.05, 4.69) is 24.1 Å². The van der Waals surface area contributed by atoms with Crippen LogP contribution < -0.4 is 11.1 Å². The van der Waals surface area contributed by atoms with Crippen LogP contribution in [0.2, 0.25) is 0 Å².